The number of alkyl halides is 4. The molecule has 0 saturated heterocycles. The molecule has 0 bridgehead atoms. The van der Waals surface area contributed by atoms with Crippen molar-refractivity contribution >= 4 is 33.7 Å². The molecular weight excluding hydrogens is 335 g/mol. The Balaban J connectivity index is 3.67. The summed E-state index contributed by atoms with van der Waals surface area (Å²) in [6.45, 7) is 0. The summed E-state index contributed by atoms with van der Waals surface area (Å²) in [5.74, 6) is -0.926. The number of nitrogens with zero attached hydrogens (tertiary/aromatic N) is 1. The second kappa shape index (κ2) is 5.47. The van der Waals surface area contributed by atoms with Crippen LogP contribution in [0.15, 0.2) is 12.1 Å². The summed E-state index contributed by atoms with van der Waals surface area (Å²) in [5.41, 5.74) is -3.79. The first-order valence-corrected chi connectivity index (χ1v) is 5.78. The molecule has 5 nitrogen and oxygen atoms in total. The van der Waals surface area contributed by atoms with Crippen LogP contribution in [-0.2, 0) is 6.18 Å². The Morgan fingerprint density at radius 1 is 1.42 bits per heavy atom. The summed E-state index contributed by atoms with van der Waals surface area (Å²) in [4.78, 5) is 31.5. The summed E-state index contributed by atoms with van der Waals surface area (Å²) in [5, 5.41) is 10.2. The van der Waals surface area contributed by atoms with E-state index in [9.17, 15) is 32.9 Å². The van der Waals surface area contributed by atoms with Crippen LogP contribution < -0.4 is 0 Å². The van der Waals surface area contributed by atoms with E-state index in [0.29, 0.717) is 6.07 Å². The lowest BCUT2D eigenvalue weighted by Crippen LogP contribution is -2.15. The molecule has 1 aromatic carbocycles. The lowest BCUT2D eigenvalue weighted by atomic mass is 9.99. The maximum atomic E-state index is 12.7. The highest BCUT2D eigenvalue weighted by Crippen LogP contribution is 2.36. The fourth-order valence-electron chi connectivity index (χ4n) is 1.39. The number of benzene rings is 1. The second-order valence-electron chi connectivity index (χ2n) is 3.39. The summed E-state index contributed by atoms with van der Waals surface area (Å²) >= 11 is 2.71. The van der Waals surface area contributed by atoms with E-state index in [4.69, 9.17) is 0 Å². The fourth-order valence-corrected chi connectivity index (χ4v) is 1.70. The molecule has 19 heavy (non-hydrogen) atoms. The third-order valence-corrected chi connectivity index (χ3v) is 2.73. The maximum Gasteiger partial charge on any atom is 0.417 e. The molecular formula is C10H5BrF3NO4. The maximum absolute atomic E-state index is 12.7. The third-order valence-electron chi connectivity index (χ3n) is 2.22. The Morgan fingerprint density at radius 3 is 2.37 bits per heavy atom. The van der Waals surface area contributed by atoms with E-state index in [0.717, 1.165) is 0 Å². The zero-order valence-corrected chi connectivity index (χ0v) is 10.6. The van der Waals surface area contributed by atoms with Crippen LogP contribution in [0.1, 0.15) is 26.3 Å². The molecule has 0 radical (unpaired) electrons. The van der Waals surface area contributed by atoms with Gasteiger partial charge in [0.2, 0.25) is 0 Å². The molecule has 0 aliphatic heterocycles. The van der Waals surface area contributed by atoms with Crippen molar-refractivity contribution in [2.45, 2.75) is 6.18 Å². The van der Waals surface area contributed by atoms with E-state index in [1.165, 1.54) is 0 Å². The molecule has 0 saturated carbocycles. The minimum Gasteiger partial charge on any atom is -0.298 e. The van der Waals surface area contributed by atoms with Crippen LogP contribution >= 0.6 is 15.9 Å². The summed E-state index contributed by atoms with van der Waals surface area (Å²) in [6.07, 6.45) is -4.90. The van der Waals surface area contributed by atoms with Gasteiger partial charge in [-0.3, -0.25) is 19.7 Å². The van der Waals surface area contributed by atoms with Gasteiger partial charge in [-0.1, -0.05) is 15.9 Å². The lowest BCUT2D eigenvalue weighted by molar-refractivity contribution is -0.385. The van der Waals surface area contributed by atoms with Gasteiger partial charge in [0, 0.05) is 11.6 Å². The highest BCUT2D eigenvalue weighted by Gasteiger charge is 2.37. The minimum atomic E-state index is -4.93. The van der Waals surface area contributed by atoms with Gasteiger partial charge in [-0.2, -0.15) is 13.2 Å². The van der Waals surface area contributed by atoms with Crippen molar-refractivity contribution in [1.82, 2.24) is 0 Å². The van der Waals surface area contributed by atoms with Gasteiger partial charge in [0.25, 0.3) is 5.69 Å². The van der Waals surface area contributed by atoms with Crippen LogP contribution in [-0.4, -0.2) is 22.3 Å². The molecule has 1 aromatic rings. The fraction of sp³-hybridized carbons (Fsp3) is 0.200. The SMILES string of the molecule is O=Cc1cc(C(=O)CBr)c(C(F)(F)F)cc1[N+](=O)[O-]. The molecule has 0 aliphatic rings. The molecule has 0 N–H and O–H groups in total. The number of carbonyl (C=O) groups is 2. The number of hydrogen-bond acceptors (Lipinski definition) is 4. The van der Waals surface area contributed by atoms with E-state index in [1.807, 2.05) is 0 Å². The van der Waals surface area contributed by atoms with Crippen LogP contribution in [0.3, 0.4) is 0 Å². The van der Waals surface area contributed by atoms with Gasteiger partial charge in [0.15, 0.2) is 12.1 Å². The van der Waals surface area contributed by atoms with Gasteiger partial charge in [-0.05, 0) is 6.07 Å². The quantitative estimate of drug-likeness (QED) is 0.278. The van der Waals surface area contributed by atoms with Crippen molar-refractivity contribution in [2.24, 2.45) is 0 Å². The predicted molar refractivity (Wildman–Crippen MR) is 61.6 cm³/mol. The topological polar surface area (TPSA) is 77.3 Å². The van der Waals surface area contributed by atoms with Gasteiger partial charge < -0.3 is 0 Å². The molecule has 1 rings (SSSR count). The Labute approximate surface area is 112 Å². The molecule has 0 aromatic heterocycles. The number of nitro benzene ring substituents is 1. The molecule has 0 aliphatic carbocycles. The van der Waals surface area contributed by atoms with Crippen LogP contribution in [0.25, 0.3) is 0 Å². The smallest absolute Gasteiger partial charge is 0.298 e. The predicted octanol–water partition coefficient (Wildman–Crippen LogP) is 3.00. The van der Waals surface area contributed by atoms with E-state index < -0.39 is 44.6 Å². The van der Waals surface area contributed by atoms with Crippen molar-refractivity contribution in [3.63, 3.8) is 0 Å². The van der Waals surface area contributed by atoms with Crippen molar-refractivity contribution in [3.05, 3.63) is 38.9 Å². The molecule has 102 valence electrons. The average molecular weight is 340 g/mol. The zero-order valence-electron chi connectivity index (χ0n) is 9.03. The zero-order chi connectivity index (χ0) is 14.8. The van der Waals surface area contributed by atoms with E-state index in [1.54, 1.807) is 0 Å². The second-order valence-corrected chi connectivity index (χ2v) is 3.95. The van der Waals surface area contributed by atoms with Crippen LogP contribution in [0, 0.1) is 10.1 Å². The monoisotopic (exact) mass is 339 g/mol. The minimum absolute atomic E-state index is 0.0311. The molecule has 0 fully saturated rings. The van der Waals surface area contributed by atoms with Crippen molar-refractivity contribution in [3.8, 4) is 0 Å². The largest absolute Gasteiger partial charge is 0.417 e. The molecule has 0 unspecified atom stereocenters. The van der Waals surface area contributed by atoms with Gasteiger partial charge in [0.1, 0.15) is 0 Å². The van der Waals surface area contributed by atoms with Crippen molar-refractivity contribution in [1.29, 1.82) is 0 Å². The Kier molecular flexibility index (Phi) is 4.40. The molecule has 0 spiro atoms. The number of hydrogen-bond donors (Lipinski definition) is 0. The highest BCUT2D eigenvalue weighted by molar-refractivity contribution is 9.09. The molecule has 0 heterocycles. The number of halogens is 4. The van der Waals surface area contributed by atoms with Crippen LogP contribution in [0.2, 0.25) is 0 Å². The van der Waals surface area contributed by atoms with Gasteiger partial charge in [-0.25, -0.2) is 0 Å². The van der Waals surface area contributed by atoms with Crippen LogP contribution in [0.5, 0.6) is 0 Å². The number of carbonyl (C=O) groups excluding carboxylic acids is 2. The standard InChI is InChI=1S/C10H5BrF3NO4/c11-3-9(17)6-1-5(4-16)8(15(18)19)2-7(6)10(12,13)14/h1-2,4H,3H2. The average Bonchev–Trinajstić information content (AvgIpc) is 2.34. The highest BCUT2D eigenvalue weighted by atomic mass is 79.9. The number of nitro groups is 1. The Morgan fingerprint density at radius 2 is 2.00 bits per heavy atom. The first-order chi connectivity index (χ1) is 8.72. The normalized spacial score (nSPS) is 11.2. The van der Waals surface area contributed by atoms with Gasteiger partial charge >= 0.3 is 6.18 Å². The Hall–Kier alpha value is -1.77. The molecule has 0 atom stereocenters. The van der Waals surface area contributed by atoms with Crippen LogP contribution in [0.4, 0.5) is 18.9 Å². The lowest BCUT2D eigenvalue weighted by Gasteiger charge is -2.12. The van der Waals surface area contributed by atoms with Crippen molar-refractivity contribution < 1.29 is 27.7 Å². The number of rotatable bonds is 4. The first-order valence-electron chi connectivity index (χ1n) is 4.66. The van der Waals surface area contributed by atoms with Gasteiger partial charge in [0.05, 0.1) is 21.4 Å². The van der Waals surface area contributed by atoms with E-state index in [-0.39, 0.29) is 12.4 Å². The number of Topliss-reactive ketones (excluding diaryl/α,β-unsaturated/α-hetero) is 1. The Bertz CT molecular complexity index is 556. The summed E-state index contributed by atoms with van der Waals surface area (Å²) < 4.78 is 38.2. The van der Waals surface area contributed by atoms with Crippen molar-refractivity contribution in [2.75, 3.05) is 5.33 Å². The number of ketones is 1. The summed E-state index contributed by atoms with van der Waals surface area (Å²) in [6, 6.07) is 0.775. The molecule has 9 heteroatoms. The third kappa shape index (κ3) is 3.16. The van der Waals surface area contributed by atoms with E-state index >= 15 is 0 Å². The first kappa shape index (κ1) is 15.3. The number of aldehydes is 1. The molecule has 0 amide bonds. The summed E-state index contributed by atoms with van der Waals surface area (Å²) in [7, 11) is 0. The van der Waals surface area contributed by atoms with Gasteiger partial charge in [-0.15, -0.1) is 0 Å². The van der Waals surface area contributed by atoms with E-state index in [2.05, 4.69) is 15.9 Å².